The molecule has 0 aromatic carbocycles. The second-order valence-corrected chi connectivity index (χ2v) is 4.34. The van der Waals surface area contributed by atoms with Crippen LogP contribution in [0.3, 0.4) is 0 Å². The molecule has 2 rings (SSSR count). The number of aryl methyl sites for hydroxylation is 1. The second-order valence-electron chi connectivity index (χ2n) is 3.98. The van der Waals surface area contributed by atoms with Gasteiger partial charge in [0.05, 0.1) is 0 Å². The molecule has 1 N–H and O–H groups in total. The molecular formula is C10H15ClN4. The lowest BCUT2D eigenvalue weighted by molar-refractivity contribution is 0.481. The summed E-state index contributed by atoms with van der Waals surface area (Å²) >= 11 is 5.84. The van der Waals surface area contributed by atoms with Crippen molar-refractivity contribution in [2.45, 2.75) is 19.9 Å². The van der Waals surface area contributed by atoms with Crippen LogP contribution in [0.4, 0.5) is 5.82 Å². The highest BCUT2D eigenvalue weighted by Gasteiger charge is 2.17. The molecule has 0 spiro atoms. The summed E-state index contributed by atoms with van der Waals surface area (Å²) in [6, 6.07) is 2.49. The van der Waals surface area contributed by atoms with Gasteiger partial charge in [0.15, 0.2) is 11.0 Å². The van der Waals surface area contributed by atoms with Crippen LogP contribution in [0.5, 0.6) is 0 Å². The molecule has 1 unspecified atom stereocenters. The minimum absolute atomic E-state index is 0.488. The quantitative estimate of drug-likeness (QED) is 0.782. The van der Waals surface area contributed by atoms with Gasteiger partial charge in [0.2, 0.25) is 0 Å². The summed E-state index contributed by atoms with van der Waals surface area (Å²) in [5, 5.41) is 11.9. The van der Waals surface area contributed by atoms with Crippen molar-refractivity contribution in [3.63, 3.8) is 0 Å². The number of anilines is 1. The number of nitrogens with zero attached hydrogens (tertiary/aromatic N) is 3. The van der Waals surface area contributed by atoms with E-state index in [1.807, 2.05) is 13.0 Å². The first kappa shape index (κ1) is 10.6. The van der Waals surface area contributed by atoms with Crippen molar-refractivity contribution in [2.75, 3.05) is 24.5 Å². The van der Waals surface area contributed by atoms with Crippen LogP contribution in [-0.4, -0.2) is 35.9 Å². The summed E-state index contributed by atoms with van der Waals surface area (Å²) in [5.41, 5.74) is 0.979. The van der Waals surface area contributed by atoms with E-state index in [0.717, 1.165) is 31.0 Å². The van der Waals surface area contributed by atoms with Crippen LogP contribution in [0.1, 0.15) is 12.5 Å². The number of hydrogen-bond donors (Lipinski definition) is 1. The Morgan fingerprint density at radius 3 is 3.00 bits per heavy atom. The highest BCUT2D eigenvalue weighted by molar-refractivity contribution is 6.30. The number of hydrogen-bond acceptors (Lipinski definition) is 4. The largest absolute Gasteiger partial charge is 0.352 e. The third-order valence-corrected chi connectivity index (χ3v) is 2.98. The molecule has 0 radical (unpaired) electrons. The minimum Gasteiger partial charge on any atom is -0.352 e. The van der Waals surface area contributed by atoms with E-state index >= 15 is 0 Å². The SMILES string of the molecule is Cc1cc(N2CCNC(C)C2)nnc1Cl. The van der Waals surface area contributed by atoms with Crippen molar-refractivity contribution in [2.24, 2.45) is 0 Å². The summed E-state index contributed by atoms with van der Waals surface area (Å²) in [4.78, 5) is 2.23. The van der Waals surface area contributed by atoms with Gasteiger partial charge in [-0.05, 0) is 25.5 Å². The van der Waals surface area contributed by atoms with Gasteiger partial charge in [0, 0.05) is 25.7 Å². The smallest absolute Gasteiger partial charge is 0.154 e. The van der Waals surface area contributed by atoms with Crippen LogP contribution in [0, 0.1) is 6.92 Å². The lowest BCUT2D eigenvalue weighted by Gasteiger charge is -2.32. The Morgan fingerprint density at radius 1 is 1.53 bits per heavy atom. The van der Waals surface area contributed by atoms with Crippen LogP contribution >= 0.6 is 11.6 Å². The van der Waals surface area contributed by atoms with Crippen LogP contribution in [0.25, 0.3) is 0 Å². The molecule has 82 valence electrons. The molecule has 4 nitrogen and oxygen atoms in total. The highest BCUT2D eigenvalue weighted by Crippen LogP contribution is 2.17. The topological polar surface area (TPSA) is 41.0 Å². The zero-order valence-corrected chi connectivity index (χ0v) is 9.75. The van der Waals surface area contributed by atoms with Gasteiger partial charge < -0.3 is 10.2 Å². The van der Waals surface area contributed by atoms with Crippen molar-refractivity contribution in [3.8, 4) is 0 Å². The third-order valence-electron chi connectivity index (χ3n) is 2.60. The van der Waals surface area contributed by atoms with Crippen LogP contribution in [-0.2, 0) is 0 Å². The Morgan fingerprint density at radius 2 is 2.33 bits per heavy atom. The summed E-state index contributed by atoms with van der Waals surface area (Å²) < 4.78 is 0. The first-order valence-corrected chi connectivity index (χ1v) is 5.53. The Balaban J connectivity index is 2.18. The van der Waals surface area contributed by atoms with E-state index in [0.29, 0.717) is 11.2 Å². The maximum absolute atomic E-state index is 5.84. The molecule has 1 saturated heterocycles. The van der Waals surface area contributed by atoms with Crippen LogP contribution < -0.4 is 10.2 Å². The molecule has 15 heavy (non-hydrogen) atoms. The molecule has 1 atom stereocenters. The number of piperazine rings is 1. The first-order valence-electron chi connectivity index (χ1n) is 5.15. The Labute approximate surface area is 94.6 Å². The molecule has 1 aromatic rings. The van der Waals surface area contributed by atoms with Gasteiger partial charge in [0.25, 0.3) is 0 Å². The van der Waals surface area contributed by atoms with Crippen LogP contribution in [0.2, 0.25) is 5.15 Å². The van der Waals surface area contributed by atoms with Crippen molar-refractivity contribution in [3.05, 3.63) is 16.8 Å². The Kier molecular flexibility index (Phi) is 3.07. The van der Waals surface area contributed by atoms with Gasteiger partial charge in [-0.25, -0.2) is 0 Å². The maximum atomic E-state index is 5.84. The molecule has 1 aromatic heterocycles. The zero-order chi connectivity index (χ0) is 10.8. The molecule has 1 fully saturated rings. The fourth-order valence-electron chi connectivity index (χ4n) is 1.75. The number of nitrogens with one attached hydrogen (secondary N) is 1. The summed E-state index contributed by atoms with van der Waals surface area (Å²) in [5.74, 6) is 0.922. The van der Waals surface area contributed by atoms with E-state index in [2.05, 4.69) is 27.3 Å². The Hall–Kier alpha value is -0.870. The first-order chi connectivity index (χ1) is 7.16. The monoisotopic (exact) mass is 226 g/mol. The second kappa shape index (κ2) is 4.33. The van der Waals surface area contributed by atoms with E-state index in [4.69, 9.17) is 11.6 Å². The maximum Gasteiger partial charge on any atom is 0.154 e. The zero-order valence-electron chi connectivity index (χ0n) is 9.00. The molecule has 0 saturated carbocycles. The number of aromatic nitrogens is 2. The van der Waals surface area contributed by atoms with Crippen molar-refractivity contribution >= 4 is 17.4 Å². The molecular weight excluding hydrogens is 212 g/mol. The number of rotatable bonds is 1. The predicted octanol–water partition coefficient (Wildman–Crippen LogP) is 1.24. The van der Waals surface area contributed by atoms with E-state index < -0.39 is 0 Å². The van der Waals surface area contributed by atoms with Gasteiger partial charge in [-0.2, -0.15) is 0 Å². The summed E-state index contributed by atoms with van der Waals surface area (Å²) in [7, 11) is 0. The van der Waals surface area contributed by atoms with Gasteiger partial charge >= 0.3 is 0 Å². The van der Waals surface area contributed by atoms with E-state index in [-0.39, 0.29) is 0 Å². The van der Waals surface area contributed by atoms with Crippen molar-refractivity contribution < 1.29 is 0 Å². The van der Waals surface area contributed by atoms with Gasteiger partial charge in [-0.1, -0.05) is 11.6 Å². The highest BCUT2D eigenvalue weighted by atomic mass is 35.5. The van der Waals surface area contributed by atoms with E-state index in [9.17, 15) is 0 Å². The molecule has 0 amide bonds. The molecule has 1 aliphatic rings. The Bertz CT molecular complexity index is 355. The molecule has 0 bridgehead atoms. The standard InChI is InChI=1S/C10H15ClN4/c1-7-5-9(13-14-10(7)11)15-4-3-12-8(2)6-15/h5,8,12H,3-4,6H2,1-2H3. The average Bonchev–Trinajstić information content (AvgIpc) is 2.22. The minimum atomic E-state index is 0.488. The van der Waals surface area contributed by atoms with Gasteiger partial charge in [-0.15, -0.1) is 10.2 Å². The fraction of sp³-hybridized carbons (Fsp3) is 0.600. The molecule has 1 aliphatic heterocycles. The van der Waals surface area contributed by atoms with Crippen molar-refractivity contribution in [1.29, 1.82) is 0 Å². The van der Waals surface area contributed by atoms with Crippen LogP contribution in [0.15, 0.2) is 6.07 Å². The third kappa shape index (κ3) is 2.38. The summed E-state index contributed by atoms with van der Waals surface area (Å²) in [6.45, 7) is 7.05. The predicted molar refractivity (Wildman–Crippen MR) is 61.5 cm³/mol. The molecule has 0 aliphatic carbocycles. The summed E-state index contributed by atoms with van der Waals surface area (Å²) in [6.07, 6.45) is 0. The van der Waals surface area contributed by atoms with Gasteiger partial charge in [0.1, 0.15) is 0 Å². The van der Waals surface area contributed by atoms with Crippen molar-refractivity contribution in [1.82, 2.24) is 15.5 Å². The van der Waals surface area contributed by atoms with Gasteiger partial charge in [-0.3, -0.25) is 0 Å². The molecule has 2 heterocycles. The van der Waals surface area contributed by atoms with E-state index in [1.165, 1.54) is 0 Å². The lowest BCUT2D eigenvalue weighted by Crippen LogP contribution is -2.49. The molecule has 5 heteroatoms. The normalized spacial score (nSPS) is 21.8. The fourth-order valence-corrected chi connectivity index (χ4v) is 1.84. The van der Waals surface area contributed by atoms with E-state index in [1.54, 1.807) is 0 Å². The lowest BCUT2D eigenvalue weighted by atomic mass is 10.2. The average molecular weight is 227 g/mol. The number of halogens is 1.